The zero-order chi connectivity index (χ0) is 13.1. The van der Waals surface area contributed by atoms with E-state index in [-0.39, 0.29) is 11.7 Å². The SMILES string of the molecule is CCSC[C@@H]1C=C[C@H](n2cc(C)c(=O)[nH]c2=O)O1. The highest BCUT2D eigenvalue weighted by Gasteiger charge is 2.21. The van der Waals surface area contributed by atoms with Crippen LogP contribution in [0.3, 0.4) is 0 Å². The van der Waals surface area contributed by atoms with Crippen LogP contribution in [-0.2, 0) is 4.74 Å². The number of rotatable bonds is 4. The summed E-state index contributed by atoms with van der Waals surface area (Å²) in [7, 11) is 0. The number of nitrogens with one attached hydrogen (secondary N) is 1. The van der Waals surface area contributed by atoms with Gasteiger partial charge in [0.1, 0.15) is 0 Å². The maximum Gasteiger partial charge on any atom is 0.330 e. The van der Waals surface area contributed by atoms with E-state index in [1.165, 1.54) is 10.8 Å². The van der Waals surface area contributed by atoms with Crippen molar-refractivity contribution < 1.29 is 4.74 Å². The van der Waals surface area contributed by atoms with Crippen LogP contribution in [0.2, 0.25) is 0 Å². The molecule has 0 unspecified atom stereocenters. The van der Waals surface area contributed by atoms with Crippen LogP contribution in [-0.4, -0.2) is 27.2 Å². The highest BCUT2D eigenvalue weighted by atomic mass is 32.2. The summed E-state index contributed by atoms with van der Waals surface area (Å²) in [4.78, 5) is 25.2. The van der Waals surface area contributed by atoms with Crippen LogP contribution >= 0.6 is 11.8 Å². The van der Waals surface area contributed by atoms with Crippen molar-refractivity contribution in [2.45, 2.75) is 26.2 Å². The Morgan fingerprint density at radius 2 is 2.22 bits per heavy atom. The Hall–Kier alpha value is -1.27. The normalized spacial score (nSPS) is 22.6. The van der Waals surface area contributed by atoms with Crippen molar-refractivity contribution in [3.63, 3.8) is 0 Å². The smallest absolute Gasteiger partial charge is 0.330 e. The minimum absolute atomic E-state index is 0.0269. The summed E-state index contributed by atoms with van der Waals surface area (Å²) in [6.07, 6.45) is 4.95. The summed E-state index contributed by atoms with van der Waals surface area (Å²) >= 11 is 1.79. The number of H-pyrrole nitrogens is 1. The molecule has 1 aromatic heterocycles. The zero-order valence-corrected chi connectivity index (χ0v) is 11.2. The molecule has 1 aliphatic heterocycles. The summed E-state index contributed by atoms with van der Waals surface area (Å²) in [6.45, 7) is 3.76. The van der Waals surface area contributed by atoms with Gasteiger partial charge in [-0.2, -0.15) is 11.8 Å². The fourth-order valence-corrected chi connectivity index (χ4v) is 2.41. The first kappa shape index (κ1) is 13.2. The van der Waals surface area contributed by atoms with Gasteiger partial charge in [0.2, 0.25) is 0 Å². The Balaban J connectivity index is 2.15. The quantitative estimate of drug-likeness (QED) is 0.829. The molecule has 0 radical (unpaired) electrons. The summed E-state index contributed by atoms with van der Waals surface area (Å²) < 4.78 is 7.14. The van der Waals surface area contributed by atoms with E-state index in [1.807, 2.05) is 12.2 Å². The van der Waals surface area contributed by atoms with E-state index in [2.05, 4.69) is 11.9 Å². The first-order valence-corrected chi connectivity index (χ1v) is 7.01. The highest BCUT2D eigenvalue weighted by Crippen LogP contribution is 2.22. The van der Waals surface area contributed by atoms with E-state index >= 15 is 0 Å². The molecule has 0 amide bonds. The van der Waals surface area contributed by atoms with Gasteiger partial charge in [0, 0.05) is 17.5 Å². The fourth-order valence-electron chi connectivity index (χ4n) is 1.75. The van der Waals surface area contributed by atoms with E-state index in [0.717, 1.165) is 11.5 Å². The van der Waals surface area contributed by atoms with Crippen molar-refractivity contribution in [1.29, 1.82) is 0 Å². The lowest BCUT2D eigenvalue weighted by Crippen LogP contribution is -2.33. The molecule has 1 N–H and O–H groups in total. The van der Waals surface area contributed by atoms with Crippen molar-refractivity contribution in [3.8, 4) is 0 Å². The molecule has 5 nitrogen and oxygen atoms in total. The number of hydrogen-bond donors (Lipinski definition) is 1. The number of hydrogen-bond acceptors (Lipinski definition) is 4. The molecule has 0 bridgehead atoms. The van der Waals surface area contributed by atoms with Gasteiger partial charge >= 0.3 is 5.69 Å². The fraction of sp³-hybridized carbons (Fsp3) is 0.500. The molecule has 1 aliphatic rings. The largest absolute Gasteiger partial charge is 0.346 e. The van der Waals surface area contributed by atoms with Gasteiger partial charge in [-0.1, -0.05) is 13.0 Å². The van der Waals surface area contributed by atoms with E-state index in [4.69, 9.17) is 4.74 Å². The minimum Gasteiger partial charge on any atom is -0.346 e. The molecule has 0 spiro atoms. The molecular formula is C12H16N2O3S. The van der Waals surface area contributed by atoms with Crippen LogP contribution in [0.1, 0.15) is 18.7 Å². The molecule has 1 aromatic rings. The van der Waals surface area contributed by atoms with E-state index in [9.17, 15) is 9.59 Å². The summed E-state index contributed by atoms with van der Waals surface area (Å²) in [6, 6.07) is 0. The summed E-state index contributed by atoms with van der Waals surface area (Å²) in [5, 5.41) is 0. The van der Waals surface area contributed by atoms with Gasteiger partial charge in [-0.25, -0.2) is 4.79 Å². The van der Waals surface area contributed by atoms with E-state index < -0.39 is 11.9 Å². The number of nitrogens with zero attached hydrogens (tertiary/aromatic N) is 1. The maximum absolute atomic E-state index is 11.7. The molecule has 0 aliphatic carbocycles. The van der Waals surface area contributed by atoms with E-state index in [1.54, 1.807) is 18.7 Å². The van der Waals surface area contributed by atoms with Gasteiger partial charge < -0.3 is 4.74 Å². The lowest BCUT2D eigenvalue weighted by atomic mass is 10.3. The molecule has 18 heavy (non-hydrogen) atoms. The molecular weight excluding hydrogens is 252 g/mol. The number of thioether (sulfide) groups is 1. The van der Waals surface area contributed by atoms with Crippen LogP contribution in [0.5, 0.6) is 0 Å². The van der Waals surface area contributed by atoms with Gasteiger partial charge in [-0.3, -0.25) is 14.3 Å². The Labute approximate surface area is 109 Å². The lowest BCUT2D eigenvalue weighted by Gasteiger charge is -2.16. The Kier molecular flexibility index (Phi) is 4.08. The van der Waals surface area contributed by atoms with Gasteiger partial charge in [-0.05, 0) is 18.8 Å². The number of aromatic amines is 1. The predicted molar refractivity (Wildman–Crippen MR) is 72.1 cm³/mol. The second-order valence-corrected chi connectivity index (χ2v) is 5.41. The van der Waals surface area contributed by atoms with Gasteiger partial charge in [0.05, 0.1) is 6.10 Å². The molecule has 0 aromatic carbocycles. The third kappa shape index (κ3) is 2.76. The molecule has 2 heterocycles. The van der Waals surface area contributed by atoms with E-state index in [0.29, 0.717) is 5.56 Å². The van der Waals surface area contributed by atoms with Crippen LogP contribution in [0, 0.1) is 6.92 Å². The van der Waals surface area contributed by atoms with Crippen LogP contribution in [0.25, 0.3) is 0 Å². The minimum atomic E-state index is -0.441. The Morgan fingerprint density at radius 3 is 2.94 bits per heavy atom. The second-order valence-electron chi connectivity index (χ2n) is 4.09. The number of ether oxygens (including phenoxy) is 1. The average molecular weight is 268 g/mol. The third-order valence-electron chi connectivity index (χ3n) is 2.71. The highest BCUT2D eigenvalue weighted by molar-refractivity contribution is 7.99. The zero-order valence-electron chi connectivity index (χ0n) is 10.4. The van der Waals surface area contributed by atoms with Crippen LogP contribution < -0.4 is 11.2 Å². The number of aryl methyl sites for hydroxylation is 1. The predicted octanol–water partition coefficient (Wildman–Crippen LogP) is 1.05. The maximum atomic E-state index is 11.7. The van der Waals surface area contributed by atoms with Crippen molar-refractivity contribution in [2.24, 2.45) is 0 Å². The van der Waals surface area contributed by atoms with Gasteiger partial charge in [-0.15, -0.1) is 0 Å². The monoisotopic (exact) mass is 268 g/mol. The lowest BCUT2D eigenvalue weighted by molar-refractivity contribution is 0.0265. The first-order chi connectivity index (χ1) is 8.61. The van der Waals surface area contributed by atoms with Crippen molar-refractivity contribution >= 4 is 11.8 Å². The summed E-state index contributed by atoms with van der Waals surface area (Å²) in [5.74, 6) is 1.91. The molecule has 2 rings (SSSR count). The third-order valence-corrected chi connectivity index (χ3v) is 3.68. The van der Waals surface area contributed by atoms with Crippen molar-refractivity contribution in [2.75, 3.05) is 11.5 Å². The molecule has 0 saturated heterocycles. The summed E-state index contributed by atoms with van der Waals surface area (Å²) in [5.41, 5.74) is -0.293. The molecule has 6 heteroatoms. The van der Waals surface area contributed by atoms with Gasteiger partial charge in [0.25, 0.3) is 5.56 Å². The first-order valence-electron chi connectivity index (χ1n) is 5.85. The van der Waals surface area contributed by atoms with Crippen molar-refractivity contribution in [3.05, 3.63) is 44.8 Å². The van der Waals surface area contributed by atoms with Gasteiger partial charge in [0.15, 0.2) is 6.23 Å². The van der Waals surface area contributed by atoms with Crippen molar-refractivity contribution in [1.82, 2.24) is 9.55 Å². The molecule has 98 valence electrons. The van der Waals surface area contributed by atoms with Crippen LogP contribution in [0.4, 0.5) is 0 Å². The standard InChI is InChI=1S/C12H16N2O3S/c1-3-18-7-9-4-5-10(17-9)14-6-8(2)11(15)13-12(14)16/h4-6,9-10H,3,7H2,1-2H3,(H,13,15,16)/t9-,10+/m0/s1. The topological polar surface area (TPSA) is 64.1 Å². The molecule has 0 saturated carbocycles. The molecule has 2 atom stereocenters. The second kappa shape index (κ2) is 5.58. The average Bonchev–Trinajstić information content (AvgIpc) is 2.79. The molecule has 0 fully saturated rings. The Bertz CT molecular complexity index is 561. The Morgan fingerprint density at radius 1 is 1.44 bits per heavy atom. The number of aromatic nitrogens is 2. The van der Waals surface area contributed by atoms with Crippen LogP contribution in [0.15, 0.2) is 27.9 Å².